The van der Waals surface area contributed by atoms with Gasteiger partial charge in [-0.05, 0) is 50.5 Å². The molecule has 1 aromatic rings. The van der Waals surface area contributed by atoms with Crippen molar-refractivity contribution in [3.8, 4) is 0 Å². The van der Waals surface area contributed by atoms with E-state index in [1.165, 1.54) is 6.92 Å². The van der Waals surface area contributed by atoms with Crippen LogP contribution in [0.2, 0.25) is 0 Å². The third-order valence-electron chi connectivity index (χ3n) is 5.76. The number of alkyl halides is 6. The highest BCUT2D eigenvalue weighted by Crippen LogP contribution is 2.38. The second kappa shape index (κ2) is 8.25. The highest BCUT2D eigenvalue weighted by atomic mass is 19.4. The molecule has 2 aliphatic heterocycles. The van der Waals surface area contributed by atoms with Crippen molar-refractivity contribution in [3.63, 3.8) is 0 Å². The van der Waals surface area contributed by atoms with Crippen molar-refractivity contribution in [3.05, 3.63) is 34.9 Å². The molecule has 5 nitrogen and oxygen atoms in total. The van der Waals surface area contributed by atoms with Gasteiger partial charge in [-0.3, -0.25) is 4.79 Å². The largest absolute Gasteiger partial charge is 0.416 e. The molecule has 1 spiro atoms. The van der Waals surface area contributed by atoms with Gasteiger partial charge in [0, 0.05) is 12.1 Å². The Bertz CT molecular complexity index is 784. The number of morpholine rings is 1. The molecule has 0 aromatic heterocycles. The molecule has 0 radical (unpaired) electrons. The lowest BCUT2D eigenvalue weighted by atomic mass is 9.81. The summed E-state index contributed by atoms with van der Waals surface area (Å²) in [6.45, 7) is 4.12. The molecule has 0 saturated carbocycles. The molecule has 0 bridgehead atoms. The molecule has 1 amide bonds. The molecule has 2 N–H and O–H groups in total. The molecule has 2 aliphatic rings. The van der Waals surface area contributed by atoms with E-state index in [2.05, 4.69) is 10.6 Å². The first-order chi connectivity index (χ1) is 14.2. The summed E-state index contributed by atoms with van der Waals surface area (Å²) in [5, 5.41) is 6.20. The van der Waals surface area contributed by atoms with Crippen LogP contribution in [0.4, 0.5) is 26.3 Å². The number of halogens is 6. The van der Waals surface area contributed by atoms with E-state index in [1.807, 2.05) is 6.92 Å². The van der Waals surface area contributed by atoms with Crippen molar-refractivity contribution < 1.29 is 40.6 Å². The van der Waals surface area contributed by atoms with E-state index in [0.717, 1.165) is 0 Å². The first-order valence-electron chi connectivity index (χ1n) is 9.76. The maximum absolute atomic E-state index is 13.1. The number of hydrogen-bond acceptors (Lipinski definition) is 4. The van der Waals surface area contributed by atoms with Gasteiger partial charge in [0.05, 0.1) is 36.0 Å². The molecule has 2 saturated heterocycles. The summed E-state index contributed by atoms with van der Waals surface area (Å²) in [5.74, 6) is -0.202. The molecule has 3 atom stereocenters. The van der Waals surface area contributed by atoms with E-state index in [9.17, 15) is 31.1 Å². The van der Waals surface area contributed by atoms with E-state index in [0.29, 0.717) is 38.1 Å². The monoisotopic (exact) mass is 454 g/mol. The first kappa shape index (κ1) is 23.8. The van der Waals surface area contributed by atoms with Gasteiger partial charge >= 0.3 is 12.4 Å². The highest BCUT2D eigenvalue weighted by molar-refractivity contribution is 5.78. The van der Waals surface area contributed by atoms with Crippen LogP contribution in [0.5, 0.6) is 0 Å². The fraction of sp³-hybridized carbons (Fsp3) is 0.650. The molecule has 2 fully saturated rings. The summed E-state index contributed by atoms with van der Waals surface area (Å²) in [4.78, 5) is 11.6. The van der Waals surface area contributed by atoms with Gasteiger partial charge in [0.25, 0.3) is 0 Å². The van der Waals surface area contributed by atoms with Gasteiger partial charge in [-0.2, -0.15) is 26.3 Å². The van der Waals surface area contributed by atoms with E-state index in [4.69, 9.17) is 9.47 Å². The summed E-state index contributed by atoms with van der Waals surface area (Å²) in [6, 6.07) is 1.46. The lowest BCUT2D eigenvalue weighted by Crippen LogP contribution is -2.68. The van der Waals surface area contributed by atoms with Gasteiger partial charge in [-0.15, -0.1) is 0 Å². The minimum atomic E-state index is -4.91. The Hall–Kier alpha value is -1.85. The second-order valence-electron chi connectivity index (χ2n) is 8.53. The SMILES string of the molecule is CC(OCC1(C)CCC2(CN1)COCC(=O)N2)c1cc(C(F)(F)F)cc(C(F)(F)F)c1. The van der Waals surface area contributed by atoms with Crippen LogP contribution in [0.25, 0.3) is 0 Å². The molecule has 31 heavy (non-hydrogen) atoms. The lowest BCUT2D eigenvalue weighted by molar-refractivity contribution is -0.143. The Morgan fingerprint density at radius 2 is 1.71 bits per heavy atom. The van der Waals surface area contributed by atoms with E-state index in [-0.39, 0.29) is 30.8 Å². The van der Waals surface area contributed by atoms with E-state index >= 15 is 0 Å². The normalized spacial score (nSPS) is 28.5. The van der Waals surface area contributed by atoms with Crippen molar-refractivity contribution in [2.24, 2.45) is 0 Å². The Labute approximate surface area is 175 Å². The fourth-order valence-electron chi connectivity index (χ4n) is 3.75. The summed E-state index contributed by atoms with van der Waals surface area (Å²) in [5.41, 5.74) is -4.03. The van der Waals surface area contributed by atoms with Gasteiger partial charge in [0.15, 0.2) is 0 Å². The maximum atomic E-state index is 13.1. The van der Waals surface area contributed by atoms with Gasteiger partial charge in [-0.1, -0.05) is 0 Å². The van der Waals surface area contributed by atoms with Crippen molar-refractivity contribution in [1.82, 2.24) is 10.6 Å². The zero-order valence-corrected chi connectivity index (χ0v) is 17.0. The number of carbonyl (C=O) groups excluding carboxylic acids is 1. The summed E-state index contributed by atoms with van der Waals surface area (Å²) < 4.78 is 89.5. The standard InChI is InChI=1S/C20H24F6N2O3/c1-12(13-5-14(19(21,22)23)7-15(6-13)20(24,25)26)31-10-17(2)3-4-18(9-27-17)11-30-8-16(29)28-18/h5-7,12,27H,3-4,8-11H2,1-2H3,(H,28,29). The first-order valence-corrected chi connectivity index (χ1v) is 9.76. The number of ether oxygens (including phenoxy) is 2. The van der Waals surface area contributed by atoms with Gasteiger partial charge in [-0.25, -0.2) is 0 Å². The quantitative estimate of drug-likeness (QED) is 0.680. The van der Waals surface area contributed by atoms with Crippen LogP contribution in [-0.4, -0.2) is 43.4 Å². The van der Waals surface area contributed by atoms with Crippen LogP contribution >= 0.6 is 0 Å². The van der Waals surface area contributed by atoms with Crippen LogP contribution in [-0.2, 0) is 26.6 Å². The maximum Gasteiger partial charge on any atom is 0.416 e. The number of nitrogens with one attached hydrogen (secondary N) is 2. The molecule has 3 unspecified atom stereocenters. The molecule has 2 heterocycles. The average molecular weight is 454 g/mol. The number of amides is 1. The van der Waals surface area contributed by atoms with Crippen LogP contribution in [0, 0.1) is 0 Å². The smallest absolute Gasteiger partial charge is 0.372 e. The van der Waals surface area contributed by atoms with Gasteiger partial charge in [0.1, 0.15) is 6.61 Å². The number of benzene rings is 1. The highest BCUT2D eigenvalue weighted by Gasteiger charge is 2.43. The molecule has 0 aliphatic carbocycles. The second-order valence-corrected chi connectivity index (χ2v) is 8.53. The predicted molar refractivity (Wildman–Crippen MR) is 98.1 cm³/mol. The minimum absolute atomic E-state index is 0.0105. The van der Waals surface area contributed by atoms with Crippen molar-refractivity contribution >= 4 is 5.91 Å². The van der Waals surface area contributed by atoms with Gasteiger partial charge < -0.3 is 20.1 Å². The number of rotatable bonds is 4. The van der Waals surface area contributed by atoms with Crippen molar-refractivity contribution in [2.45, 2.75) is 56.2 Å². The predicted octanol–water partition coefficient (Wildman–Crippen LogP) is 3.83. The molecule has 3 rings (SSSR count). The Kier molecular flexibility index (Phi) is 6.34. The van der Waals surface area contributed by atoms with Gasteiger partial charge in [0.2, 0.25) is 5.91 Å². The lowest BCUT2D eigenvalue weighted by Gasteiger charge is -2.47. The van der Waals surface area contributed by atoms with Crippen LogP contribution < -0.4 is 10.6 Å². The number of hydrogen-bond donors (Lipinski definition) is 2. The third-order valence-corrected chi connectivity index (χ3v) is 5.76. The topological polar surface area (TPSA) is 59.6 Å². The molecule has 11 heteroatoms. The Morgan fingerprint density at radius 1 is 1.10 bits per heavy atom. The van der Waals surface area contributed by atoms with Crippen molar-refractivity contribution in [2.75, 3.05) is 26.4 Å². The van der Waals surface area contributed by atoms with E-state index < -0.39 is 40.7 Å². The molecular weight excluding hydrogens is 430 g/mol. The summed E-state index contributed by atoms with van der Waals surface area (Å²) in [6.07, 6.45) is -9.64. The van der Waals surface area contributed by atoms with Crippen LogP contribution in [0.1, 0.15) is 49.5 Å². The van der Waals surface area contributed by atoms with E-state index in [1.54, 1.807) is 0 Å². The molecule has 1 aromatic carbocycles. The van der Waals surface area contributed by atoms with Crippen LogP contribution in [0.3, 0.4) is 0 Å². The third kappa shape index (κ3) is 5.69. The number of piperidine rings is 1. The summed E-state index contributed by atoms with van der Waals surface area (Å²) >= 11 is 0. The fourth-order valence-corrected chi connectivity index (χ4v) is 3.75. The zero-order valence-electron chi connectivity index (χ0n) is 17.0. The summed E-state index contributed by atoms with van der Waals surface area (Å²) in [7, 11) is 0. The van der Waals surface area contributed by atoms with Crippen molar-refractivity contribution in [1.29, 1.82) is 0 Å². The molecule has 174 valence electrons. The minimum Gasteiger partial charge on any atom is -0.372 e. The Balaban J connectivity index is 1.68. The zero-order chi connectivity index (χ0) is 23.1. The van der Waals surface area contributed by atoms with Crippen LogP contribution in [0.15, 0.2) is 18.2 Å². The number of carbonyl (C=O) groups is 1. The molecular formula is C20H24F6N2O3. The Morgan fingerprint density at radius 3 is 2.19 bits per heavy atom. The average Bonchev–Trinajstić information content (AvgIpc) is 2.67.